The topological polar surface area (TPSA) is 81.5 Å². The van der Waals surface area contributed by atoms with E-state index in [1.165, 1.54) is 37.3 Å². The molecule has 0 aromatic heterocycles. The van der Waals surface area contributed by atoms with Gasteiger partial charge in [0, 0.05) is 17.3 Å². The molecule has 24 heavy (non-hydrogen) atoms. The second-order valence-corrected chi connectivity index (χ2v) is 5.49. The summed E-state index contributed by atoms with van der Waals surface area (Å²) in [6, 6.07) is 8.03. The molecule has 2 aromatic rings. The van der Waals surface area contributed by atoms with Crippen molar-refractivity contribution in [3.63, 3.8) is 0 Å². The van der Waals surface area contributed by atoms with Gasteiger partial charge in [-0.3, -0.25) is 14.9 Å². The fourth-order valence-corrected chi connectivity index (χ4v) is 2.16. The van der Waals surface area contributed by atoms with E-state index in [0.717, 1.165) is 6.07 Å². The molecule has 2 rings (SSSR count). The van der Waals surface area contributed by atoms with E-state index in [2.05, 4.69) is 5.32 Å². The first-order valence-corrected chi connectivity index (χ1v) is 7.33. The van der Waals surface area contributed by atoms with E-state index in [-0.39, 0.29) is 10.7 Å². The summed E-state index contributed by atoms with van der Waals surface area (Å²) in [6.07, 6.45) is -0.866. The number of halogens is 2. The van der Waals surface area contributed by atoms with E-state index in [1.54, 1.807) is 6.92 Å². The van der Waals surface area contributed by atoms with Crippen LogP contribution in [0.5, 0.6) is 5.75 Å². The zero-order chi connectivity index (χ0) is 17.9. The van der Waals surface area contributed by atoms with Gasteiger partial charge in [0.25, 0.3) is 11.6 Å². The lowest BCUT2D eigenvalue weighted by Crippen LogP contribution is -2.30. The Morgan fingerprint density at radius 2 is 2.04 bits per heavy atom. The van der Waals surface area contributed by atoms with Crippen molar-refractivity contribution < 1.29 is 18.8 Å². The van der Waals surface area contributed by atoms with Gasteiger partial charge in [0.15, 0.2) is 6.10 Å². The number of rotatable bonds is 5. The molecule has 0 unspecified atom stereocenters. The van der Waals surface area contributed by atoms with Crippen molar-refractivity contribution >= 4 is 28.9 Å². The van der Waals surface area contributed by atoms with Gasteiger partial charge in [-0.05, 0) is 44.2 Å². The van der Waals surface area contributed by atoms with E-state index in [1.807, 2.05) is 0 Å². The van der Waals surface area contributed by atoms with E-state index in [0.29, 0.717) is 17.0 Å². The molecule has 0 radical (unpaired) electrons. The summed E-state index contributed by atoms with van der Waals surface area (Å²) in [6.45, 7) is 3.10. The molecular weight excluding hydrogens is 339 g/mol. The molecule has 0 bridgehead atoms. The molecule has 0 aliphatic heterocycles. The molecular formula is C16H14ClFN2O4. The standard InChI is InChI=1S/C16H14ClFN2O4/c1-9-7-12(4-6-15(9)20(22)23)24-10(2)16(21)19-11-3-5-14(18)13(17)8-11/h3-8,10H,1-2H3,(H,19,21)/t10-/m1/s1. The van der Waals surface area contributed by atoms with Crippen molar-refractivity contribution in [3.05, 3.63) is 62.9 Å². The highest BCUT2D eigenvalue weighted by Gasteiger charge is 2.17. The molecule has 0 saturated carbocycles. The molecule has 6 nitrogen and oxygen atoms in total. The van der Waals surface area contributed by atoms with Crippen molar-refractivity contribution in [3.8, 4) is 5.75 Å². The molecule has 0 aliphatic carbocycles. The maximum absolute atomic E-state index is 13.1. The maximum atomic E-state index is 13.1. The van der Waals surface area contributed by atoms with E-state index in [4.69, 9.17) is 16.3 Å². The summed E-state index contributed by atoms with van der Waals surface area (Å²) < 4.78 is 18.6. The van der Waals surface area contributed by atoms with Crippen LogP contribution in [0.15, 0.2) is 36.4 Å². The molecule has 1 amide bonds. The lowest BCUT2D eigenvalue weighted by Gasteiger charge is -2.15. The third-order valence-electron chi connectivity index (χ3n) is 3.23. The fraction of sp³-hybridized carbons (Fsp3) is 0.188. The Kier molecular flexibility index (Phi) is 5.35. The van der Waals surface area contributed by atoms with Crippen LogP contribution in [0.2, 0.25) is 5.02 Å². The van der Waals surface area contributed by atoms with Gasteiger partial charge in [-0.2, -0.15) is 0 Å². The van der Waals surface area contributed by atoms with Gasteiger partial charge in [-0.1, -0.05) is 11.6 Å². The second kappa shape index (κ2) is 7.27. The lowest BCUT2D eigenvalue weighted by atomic mass is 10.2. The number of nitrogens with zero attached hydrogens (tertiary/aromatic N) is 1. The van der Waals surface area contributed by atoms with E-state index >= 15 is 0 Å². The van der Waals surface area contributed by atoms with Crippen LogP contribution in [0.1, 0.15) is 12.5 Å². The third-order valence-corrected chi connectivity index (χ3v) is 3.52. The molecule has 0 spiro atoms. The Hall–Kier alpha value is -2.67. The van der Waals surface area contributed by atoms with Crippen molar-refractivity contribution in [2.75, 3.05) is 5.32 Å². The van der Waals surface area contributed by atoms with Gasteiger partial charge in [0.2, 0.25) is 0 Å². The normalized spacial score (nSPS) is 11.7. The smallest absolute Gasteiger partial charge is 0.272 e. The number of carbonyl (C=O) groups excluding carboxylic acids is 1. The Morgan fingerprint density at radius 3 is 2.62 bits per heavy atom. The molecule has 0 heterocycles. The molecule has 126 valence electrons. The number of nitro benzene ring substituents is 1. The van der Waals surface area contributed by atoms with Crippen LogP contribution in [0.3, 0.4) is 0 Å². The highest BCUT2D eigenvalue weighted by Crippen LogP contribution is 2.24. The Bertz CT molecular complexity index is 798. The van der Waals surface area contributed by atoms with E-state index < -0.39 is 22.8 Å². The van der Waals surface area contributed by atoms with Gasteiger partial charge in [-0.15, -0.1) is 0 Å². The number of aryl methyl sites for hydroxylation is 1. The number of amides is 1. The number of nitro groups is 1. The van der Waals surface area contributed by atoms with Crippen LogP contribution >= 0.6 is 11.6 Å². The average molecular weight is 353 g/mol. The van der Waals surface area contributed by atoms with Gasteiger partial charge >= 0.3 is 0 Å². The minimum atomic E-state index is -0.866. The van der Waals surface area contributed by atoms with Crippen LogP contribution in [0, 0.1) is 22.9 Å². The number of ether oxygens (including phenoxy) is 1. The number of carbonyl (C=O) groups is 1. The molecule has 2 aromatic carbocycles. The highest BCUT2D eigenvalue weighted by atomic mass is 35.5. The first kappa shape index (κ1) is 17.7. The molecule has 0 aliphatic rings. The predicted octanol–water partition coefficient (Wildman–Crippen LogP) is 4.10. The first-order chi connectivity index (χ1) is 11.3. The summed E-state index contributed by atoms with van der Waals surface area (Å²) >= 11 is 5.65. The number of anilines is 1. The van der Waals surface area contributed by atoms with E-state index in [9.17, 15) is 19.3 Å². The summed E-state index contributed by atoms with van der Waals surface area (Å²) in [5.41, 5.74) is 0.734. The molecule has 0 fully saturated rings. The van der Waals surface area contributed by atoms with Crippen LogP contribution < -0.4 is 10.1 Å². The van der Waals surface area contributed by atoms with Crippen LogP contribution in [0.4, 0.5) is 15.8 Å². The third kappa shape index (κ3) is 4.20. The average Bonchev–Trinajstić information content (AvgIpc) is 2.50. The predicted molar refractivity (Wildman–Crippen MR) is 88.0 cm³/mol. The lowest BCUT2D eigenvalue weighted by molar-refractivity contribution is -0.385. The molecule has 8 heteroatoms. The Morgan fingerprint density at radius 1 is 1.33 bits per heavy atom. The van der Waals surface area contributed by atoms with Crippen molar-refractivity contribution in [1.82, 2.24) is 0 Å². The second-order valence-electron chi connectivity index (χ2n) is 5.08. The maximum Gasteiger partial charge on any atom is 0.272 e. The summed E-state index contributed by atoms with van der Waals surface area (Å²) in [7, 11) is 0. The van der Waals surface area contributed by atoms with Gasteiger partial charge in [0.1, 0.15) is 11.6 Å². The quantitative estimate of drug-likeness (QED) is 0.648. The Balaban J connectivity index is 2.04. The summed E-state index contributed by atoms with van der Waals surface area (Å²) in [4.78, 5) is 22.4. The minimum Gasteiger partial charge on any atom is -0.481 e. The zero-order valence-corrected chi connectivity index (χ0v) is 13.6. The van der Waals surface area contributed by atoms with Crippen LogP contribution in [0.25, 0.3) is 0 Å². The molecule has 1 N–H and O–H groups in total. The van der Waals surface area contributed by atoms with Gasteiger partial charge in [-0.25, -0.2) is 4.39 Å². The SMILES string of the molecule is Cc1cc(O[C@H](C)C(=O)Nc2ccc(F)c(Cl)c2)ccc1[N+](=O)[O-]. The number of nitrogens with one attached hydrogen (secondary N) is 1. The van der Waals surface area contributed by atoms with Crippen molar-refractivity contribution in [1.29, 1.82) is 0 Å². The largest absolute Gasteiger partial charge is 0.481 e. The fourth-order valence-electron chi connectivity index (χ4n) is 1.98. The van der Waals surface area contributed by atoms with Crippen molar-refractivity contribution in [2.24, 2.45) is 0 Å². The summed E-state index contributed by atoms with van der Waals surface area (Å²) in [5.74, 6) is -0.716. The monoisotopic (exact) mass is 352 g/mol. The first-order valence-electron chi connectivity index (χ1n) is 6.95. The van der Waals surface area contributed by atoms with Crippen molar-refractivity contribution in [2.45, 2.75) is 20.0 Å². The number of hydrogen-bond acceptors (Lipinski definition) is 4. The molecule has 0 saturated heterocycles. The summed E-state index contributed by atoms with van der Waals surface area (Å²) in [5, 5.41) is 13.2. The number of hydrogen-bond donors (Lipinski definition) is 1. The molecule has 1 atom stereocenters. The number of benzene rings is 2. The van der Waals surface area contributed by atoms with Gasteiger partial charge in [0.05, 0.1) is 9.95 Å². The van der Waals surface area contributed by atoms with Crippen LogP contribution in [-0.4, -0.2) is 16.9 Å². The highest BCUT2D eigenvalue weighted by molar-refractivity contribution is 6.31. The zero-order valence-electron chi connectivity index (χ0n) is 12.9. The minimum absolute atomic E-state index is 0.0274. The van der Waals surface area contributed by atoms with Crippen LogP contribution in [-0.2, 0) is 4.79 Å². The van der Waals surface area contributed by atoms with Gasteiger partial charge < -0.3 is 10.1 Å². The Labute approximate surface area is 142 Å².